The van der Waals surface area contributed by atoms with Crippen molar-refractivity contribution in [2.45, 2.75) is 86.7 Å². The van der Waals surface area contributed by atoms with Crippen molar-refractivity contribution in [2.24, 2.45) is 5.92 Å². The van der Waals surface area contributed by atoms with Crippen LogP contribution in [-0.4, -0.2) is 79.9 Å². The summed E-state index contributed by atoms with van der Waals surface area (Å²) in [6.45, 7) is 9.85. The first-order valence-corrected chi connectivity index (χ1v) is 25.1. The quantitative estimate of drug-likeness (QED) is 0.0443. The molecule has 0 heterocycles. The summed E-state index contributed by atoms with van der Waals surface area (Å²) in [4.78, 5) is 70.2. The van der Waals surface area contributed by atoms with Gasteiger partial charge in [-0.2, -0.15) is 47.0 Å². The number of benzene rings is 4. The molecule has 0 bridgehead atoms. The summed E-state index contributed by atoms with van der Waals surface area (Å²) in [6, 6.07) is 38.9. The second kappa shape index (κ2) is 23.9. The van der Waals surface area contributed by atoms with Crippen molar-refractivity contribution in [1.82, 2.24) is 21.3 Å². The van der Waals surface area contributed by atoms with Crippen molar-refractivity contribution < 1.29 is 29.1 Å². The second-order valence-corrected chi connectivity index (χ2v) is 20.5. The number of hydrogen-bond donors (Lipinski definition) is 5. The van der Waals surface area contributed by atoms with Crippen LogP contribution >= 0.6 is 47.0 Å². The molecule has 0 aliphatic heterocycles. The number of carbonyl (C=O) groups excluding carboxylic acids is 4. The zero-order valence-corrected chi connectivity index (χ0v) is 39.7. The zero-order valence-electron chi connectivity index (χ0n) is 36.4. The van der Waals surface area contributed by atoms with Crippen molar-refractivity contribution in [3.63, 3.8) is 0 Å². The number of thioether (sulfide) groups is 4. The summed E-state index contributed by atoms with van der Waals surface area (Å²) >= 11 is 5.74. The molecule has 4 aromatic rings. The molecule has 4 amide bonds. The fourth-order valence-electron chi connectivity index (χ4n) is 6.00. The summed E-state index contributed by atoms with van der Waals surface area (Å²) < 4.78 is 0. The highest BCUT2D eigenvalue weighted by atomic mass is 32.2. The maximum Gasteiger partial charge on any atom is 0.329 e. The highest BCUT2D eigenvalue weighted by Crippen LogP contribution is 2.27. The Kier molecular flexibility index (Phi) is 19.4. The van der Waals surface area contributed by atoms with Crippen LogP contribution in [0.25, 0.3) is 0 Å². The Hall–Kier alpha value is -4.37. The molecule has 0 unspecified atom stereocenters. The lowest BCUT2D eigenvalue weighted by Gasteiger charge is -2.39. The lowest BCUT2D eigenvalue weighted by atomic mass is 9.94. The molecule has 14 heteroatoms. The van der Waals surface area contributed by atoms with Crippen molar-refractivity contribution >= 4 is 76.6 Å². The molecular weight excluding hydrogens is 857 g/mol. The minimum absolute atomic E-state index is 0.0665. The van der Waals surface area contributed by atoms with Gasteiger partial charge >= 0.3 is 5.97 Å². The lowest BCUT2D eigenvalue weighted by molar-refractivity contribution is -0.147. The number of carbonyl (C=O) groups is 5. The van der Waals surface area contributed by atoms with E-state index in [9.17, 15) is 29.1 Å². The van der Waals surface area contributed by atoms with E-state index in [-0.39, 0.29) is 28.9 Å². The number of aliphatic carboxylic acids is 1. The zero-order chi connectivity index (χ0) is 45.2. The average molecular weight is 917 g/mol. The molecule has 0 saturated heterocycles. The molecule has 4 atom stereocenters. The van der Waals surface area contributed by atoms with Gasteiger partial charge in [0.1, 0.15) is 22.2 Å². The molecule has 4 aromatic carbocycles. The predicted molar refractivity (Wildman–Crippen MR) is 259 cm³/mol. The fraction of sp³-hybridized carbons (Fsp3) is 0.396. The maximum absolute atomic E-state index is 14.9. The number of carboxylic acids is 1. The van der Waals surface area contributed by atoms with Crippen LogP contribution in [-0.2, 0) is 47.0 Å². The van der Waals surface area contributed by atoms with Crippen molar-refractivity contribution in [1.29, 1.82) is 0 Å². The summed E-state index contributed by atoms with van der Waals surface area (Å²) in [5.41, 5.74) is -2.20. The molecule has 0 aromatic heterocycles. The number of amides is 4. The summed E-state index contributed by atoms with van der Waals surface area (Å²) in [6.07, 6.45) is 0. The van der Waals surface area contributed by atoms with Crippen LogP contribution in [0.3, 0.4) is 0 Å². The van der Waals surface area contributed by atoms with Gasteiger partial charge in [-0.15, -0.1) is 0 Å². The minimum Gasteiger partial charge on any atom is -0.479 e. The van der Waals surface area contributed by atoms with Crippen LogP contribution in [0.5, 0.6) is 0 Å². The first kappa shape index (κ1) is 50.3. The van der Waals surface area contributed by atoms with Crippen molar-refractivity contribution in [2.75, 3.05) is 23.0 Å². The normalized spacial score (nSPS) is 15.1. The minimum atomic E-state index is -1.68. The van der Waals surface area contributed by atoms with E-state index in [1.165, 1.54) is 54.0 Å². The van der Waals surface area contributed by atoms with Crippen molar-refractivity contribution in [3.8, 4) is 0 Å². The Balaban J connectivity index is 1.64. The van der Waals surface area contributed by atoms with E-state index < -0.39 is 51.8 Å². The SMILES string of the molecule is CC(C)C(=O)N[C@](C)(CSCc1ccccc1)C(=O)N[C@@](C)(CSCc1ccccc1)C(=O)N[C@](C)(CSCc1ccccc1)C(=O)N[C@@](C)(CSCc1ccccc1)C(=O)O. The van der Waals surface area contributed by atoms with Gasteiger partial charge in [0.15, 0.2) is 0 Å². The molecule has 4 rings (SSSR count). The predicted octanol–water partition coefficient (Wildman–Crippen LogP) is 7.96. The Morgan fingerprint density at radius 3 is 0.935 bits per heavy atom. The molecule has 0 saturated carbocycles. The molecule has 0 aliphatic rings. The Labute approximate surface area is 384 Å². The van der Waals surface area contributed by atoms with E-state index in [1.807, 2.05) is 121 Å². The van der Waals surface area contributed by atoms with Gasteiger partial charge in [0.25, 0.3) is 0 Å². The summed E-state index contributed by atoms with van der Waals surface area (Å²) in [5.74, 6) is -1.09. The van der Waals surface area contributed by atoms with Crippen molar-refractivity contribution in [3.05, 3.63) is 144 Å². The van der Waals surface area contributed by atoms with Crippen LogP contribution in [0.4, 0.5) is 0 Å². The van der Waals surface area contributed by atoms with Gasteiger partial charge in [-0.05, 0) is 49.9 Å². The molecule has 0 radical (unpaired) electrons. The van der Waals surface area contributed by atoms with E-state index in [4.69, 9.17) is 0 Å². The number of hydrogen-bond acceptors (Lipinski definition) is 9. The van der Waals surface area contributed by atoms with Gasteiger partial charge in [-0.1, -0.05) is 135 Å². The van der Waals surface area contributed by atoms with Gasteiger partial charge in [0.05, 0.1) is 0 Å². The van der Waals surface area contributed by atoms with E-state index in [1.54, 1.807) is 34.6 Å². The van der Waals surface area contributed by atoms with Crippen LogP contribution < -0.4 is 21.3 Å². The van der Waals surface area contributed by atoms with Crippen LogP contribution in [0.2, 0.25) is 0 Å². The Morgan fingerprint density at radius 2 is 0.677 bits per heavy atom. The van der Waals surface area contributed by atoms with E-state index in [2.05, 4.69) is 21.3 Å². The molecule has 0 spiro atoms. The largest absolute Gasteiger partial charge is 0.479 e. The molecule has 332 valence electrons. The number of nitrogens with one attached hydrogen (secondary N) is 4. The number of carboxylic acid groups (broad SMARTS) is 1. The summed E-state index contributed by atoms with van der Waals surface area (Å²) in [7, 11) is 0. The van der Waals surface area contributed by atoms with Gasteiger partial charge in [-0.25, -0.2) is 4.79 Å². The first-order valence-electron chi connectivity index (χ1n) is 20.5. The Bertz CT molecular complexity index is 2070. The third kappa shape index (κ3) is 15.5. The van der Waals surface area contributed by atoms with Crippen LogP contribution in [0.1, 0.15) is 63.8 Å². The smallest absolute Gasteiger partial charge is 0.329 e. The molecule has 0 fully saturated rings. The van der Waals surface area contributed by atoms with Gasteiger partial charge in [-0.3, -0.25) is 19.2 Å². The maximum atomic E-state index is 14.9. The highest BCUT2D eigenvalue weighted by Gasteiger charge is 2.47. The molecule has 5 N–H and O–H groups in total. The topological polar surface area (TPSA) is 154 Å². The average Bonchev–Trinajstić information content (AvgIpc) is 3.25. The third-order valence-corrected chi connectivity index (χ3v) is 15.4. The van der Waals surface area contributed by atoms with Gasteiger partial charge in [0.2, 0.25) is 23.6 Å². The second-order valence-electron chi connectivity index (χ2n) is 16.6. The van der Waals surface area contributed by atoms with E-state index in [0.29, 0.717) is 23.0 Å². The highest BCUT2D eigenvalue weighted by molar-refractivity contribution is 7.99. The molecule has 10 nitrogen and oxygen atoms in total. The standard InChI is InChI=1S/C48H60N4O6S4/c1-35(2)40(53)49-45(3,31-59-27-36-19-11-7-12-20-36)41(54)50-46(4,32-60-28-37-21-13-8-14-22-37)42(55)51-47(5,33-61-29-38-23-15-9-16-24-38)43(56)52-48(6,44(57)58)34-62-30-39-25-17-10-18-26-39/h7-26,35H,27-34H2,1-6H3,(H,49,53)(H,50,54)(H,51,55)(H,52,56)(H,57,58)/t45-,46+,47-,48+/m1/s1. The molecule has 62 heavy (non-hydrogen) atoms. The summed E-state index contributed by atoms with van der Waals surface area (Å²) in [5, 5.41) is 22.3. The third-order valence-electron chi connectivity index (χ3n) is 10.1. The molecule has 0 aliphatic carbocycles. The monoisotopic (exact) mass is 916 g/mol. The van der Waals surface area contributed by atoms with E-state index >= 15 is 0 Å². The first-order chi connectivity index (χ1) is 29.5. The van der Waals surface area contributed by atoms with Gasteiger partial charge < -0.3 is 26.4 Å². The van der Waals surface area contributed by atoms with Crippen LogP contribution in [0.15, 0.2) is 121 Å². The molecular formula is C48H60N4O6S4. The van der Waals surface area contributed by atoms with Gasteiger partial charge in [0, 0.05) is 51.9 Å². The number of rotatable bonds is 25. The fourth-order valence-corrected chi connectivity index (χ4v) is 10.6. The van der Waals surface area contributed by atoms with E-state index in [0.717, 1.165) is 22.3 Å². The van der Waals surface area contributed by atoms with Crippen LogP contribution in [0, 0.1) is 5.92 Å². The lowest BCUT2D eigenvalue weighted by Crippen LogP contribution is -2.71. The Morgan fingerprint density at radius 1 is 0.435 bits per heavy atom.